The fourth-order valence-electron chi connectivity index (χ4n) is 1.86. The Kier molecular flexibility index (Phi) is 14.4. The molecule has 0 saturated carbocycles. The van der Waals surface area contributed by atoms with Gasteiger partial charge in [-0.1, -0.05) is 64.0 Å². The van der Waals surface area contributed by atoms with Crippen molar-refractivity contribution < 1.29 is 0 Å². The Bertz CT molecular complexity index is 140. The van der Waals surface area contributed by atoms with Crippen molar-refractivity contribution in [2.45, 2.75) is 71.1 Å². The van der Waals surface area contributed by atoms with Crippen LogP contribution in [0.15, 0.2) is 12.2 Å². The van der Waals surface area contributed by atoms with Crippen molar-refractivity contribution in [2.24, 2.45) is 0 Å². The Morgan fingerprint density at radius 3 is 1.94 bits per heavy atom. The van der Waals surface area contributed by atoms with Crippen LogP contribution in [0.4, 0.5) is 0 Å². The maximum atomic E-state index is 3.15. The molecule has 0 aliphatic carbocycles. The first kappa shape index (κ1) is 15.7. The minimum absolute atomic E-state index is 1.11. The SMILES string of the molecule is CCCCCCCCCCC=CCCNC. The van der Waals surface area contributed by atoms with Crippen molar-refractivity contribution in [2.75, 3.05) is 13.6 Å². The molecule has 0 aromatic rings. The first-order valence-electron chi connectivity index (χ1n) is 7.21. The zero-order chi connectivity index (χ0) is 11.9. The van der Waals surface area contributed by atoms with E-state index < -0.39 is 0 Å². The number of allylic oxidation sites excluding steroid dienone is 1. The van der Waals surface area contributed by atoms with Gasteiger partial charge >= 0.3 is 0 Å². The molecular weight excluding hydrogens is 194 g/mol. The van der Waals surface area contributed by atoms with Gasteiger partial charge in [-0.3, -0.25) is 0 Å². The van der Waals surface area contributed by atoms with Gasteiger partial charge in [-0.05, 0) is 32.9 Å². The summed E-state index contributed by atoms with van der Waals surface area (Å²) in [5, 5.41) is 3.15. The van der Waals surface area contributed by atoms with Crippen molar-refractivity contribution in [1.82, 2.24) is 5.32 Å². The van der Waals surface area contributed by atoms with Gasteiger partial charge in [0.25, 0.3) is 0 Å². The van der Waals surface area contributed by atoms with Gasteiger partial charge in [-0.2, -0.15) is 0 Å². The maximum absolute atomic E-state index is 3.15. The zero-order valence-electron chi connectivity index (χ0n) is 11.4. The lowest BCUT2D eigenvalue weighted by molar-refractivity contribution is 0.577. The van der Waals surface area contributed by atoms with E-state index in [-0.39, 0.29) is 0 Å². The van der Waals surface area contributed by atoms with Crippen molar-refractivity contribution in [3.63, 3.8) is 0 Å². The summed E-state index contributed by atoms with van der Waals surface area (Å²) < 4.78 is 0. The van der Waals surface area contributed by atoms with Crippen LogP contribution in [0.3, 0.4) is 0 Å². The van der Waals surface area contributed by atoms with Gasteiger partial charge in [0.2, 0.25) is 0 Å². The summed E-state index contributed by atoms with van der Waals surface area (Å²) in [6, 6.07) is 0. The quantitative estimate of drug-likeness (QED) is 0.375. The van der Waals surface area contributed by atoms with E-state index in [0.717, 1.165) is 6.54 Å². The summed E-state index contributed by atoms with van der Waals surface area (Å²) in [4.78, 5) is 0. The van der Waals surface area contributed by atoms with Gasteiger partial charge in [0.1, 0.15) is 0 Å². The third kappa shape index (κ3) is 13.7. The third-order valence-electron chi connectivity index (χ3n) is 2.95. The minimum atomic E-state index is 1.11. The summed E-state index contributed by atoms with van der Waals surface area (Å²) in [6.07, 6.45) is 18.5. The monoisotopic (exact) mass is 225 g/mol. The molecule has 0 saturated heterocycles. The van der Waals surface area contributed by atoms with Gasteiger partial charge in [-0.25, -0.2) is 0 Å². The summed E-state index contributed by atoms with van der Waals surface area (Å²) >= 11 is 0. The highest BCUT2D eigenvalue weighted by Crippen LogP contribution is 2.09. The van der Waals surface area contributed by atoms with Crippen LogP contribution in [-0.2, 0) is 0 Å². The Morgan fingerprint density at radius 1 is 0.750 bits per heavy atom. The van der Waals surface area contributed by atoms with Crippen molar-refractivity contribution >= 4 is 0 Å². The van der Waals surface area contributed by atoms with Crippen molar-refractivity contribution in [3.8, 4) is 0 Å². The van der Waals surface area contributed by atoms with Crippen LogP contribution in [0.5, 0.6) is 0 Å². The lowest BCUT2D eigenvalue weighted by atomic mass is 10.1. The second-order valence-electron chi connectivity index (χ2n) is 4.63. The van der Waals surface area contributed by atoms with E-state index in [1.165, 1.54) is 64.2 Å². The topological polar surface area (TPSA) is 12.0 Å². The average molecular weight is 225 g/mol. The number of rotatable bonds is 12. The average Bonchev–Trinajstić information content (AvgIpc) is 2.31. The van der Waals surface area contributed by atoms with Crippen LogP contribution in [0.1, 0.15) is 71.1 Å². The van der Waals surface area contributed by atoms with Crippen molar-refractivity contribution in [1.29, 1.82) is 0 Å². The van der Waals surface area contributed by atoms with Gasteiger partial charge in [0, 0.05) is 0 Å². The Balaban J connectivity index is 2.95. The van der Waals surface area contributed by atoms with E-state index in [0.29, 0.717) is 0 Å². The molecule has 0 aliphatic heterocycles. The van der Waals surface area contributed by atoms with Crippen LogP contribution in [-0.4, -0.2) is 13.6 Å². The molecule has 0 fully saturated rings. The van der Waals surface area contributed by atoms with Crippen molar-refractivity contribution in [3.05, 3.63) is 12.2 Å². The number of unbranched alkanes of at least 4 members (excludes halogenated alkanes) is 8. The number of hydrogen-bond donors (Lipinski definition) is 1. The molecule has 0 bridgehead atoms. The smallest absolute Gasteiger partial charge is 0.00173 e. The summed E-state index contributed by atoms with van der Waals surface area (Å²) in [5.41, 5.74) is 0. The highest BCUT2D eigenvalue weighted by Gasteiger charge is 1.90. The van der Waals surface area contributed by atoms with E-state index in [4.69, 9.17) is 0 Å². The fraction of sp³-hybridized carbons (Fsp3) is 0.867. The van der Waals surface area contributed by atoms with Gasteiger partial charge in [0.05, 0.1) is 0 Å². The first-order chi connectivity index (χ1) is 7.91. The van der Waals surface area contributed by atoms with Gasteiger partial charge < -0.3 is 5.32 Å². The second kappa shape index (κ2) is 14.7. The number of nitrogens with one attached hydrogen (secondary N) is 1. The molecule has 0 aromatic carbocycles. The molecule has 0 aromatic heterocycles. The molecule has 1 nitrogen and oxygen atoms in total. The van der Waals surface area contributed by atoms with Crippen LogP contribution < -0.4 is 5.32 Å². The largest absolute Gasteiger partial charge is 0.319 e. The van der Waals surface area contributed by atoms with E-state index in [9.17, 15) is 0 Å². The van der Waals surface area contributed by atoms with E-state index >= 15 is 0 Å². The molecule has 0 rings (SSSR count). The van der Waals surface area contributed by atoms with Gasteiger partial charge in [-0.15, -0.1) is 0 Å². The molecule has 0 heterocycles. The molecule has 0 amide bonds. The number of hydrogen-bond acceptors (Lipinski definition) is 1. The second-order valence-corrected chi connectivity index (χ2v) is 4.63. The fourth-order valence-corrected chi connectivity index (χ4v) is 1.86. The predicted molar refractivity (Wildman–Crippen MR) is 74.9 cm³/mol. The minimum Gasteiger partial charge on any atom is -0.319 e. The van der Waals surface area contributed by atoms with Crippen LogP contribution in [0.2, 0.25) is 0 Å². The lowest BCUT2D eigenvalue weighted by Gasteiger charge is -1.99. The highest BCUT2D eigenvalue weighted by atomic mass is 14.8. The highest BCUT2D eigenvalue weighted by molar-refractivity contribution is 4.81. The molecule has 0 atom stereocenters. The first-order valence-corrected chi connectivity index (χ1v) is 7.21. The van der Waals surface area contributed by atoms with E-state index in [1.54, 1.807) is 0 Å². The Labute approximate surface area is 103 Å². The Morgan fingerprint density at radius 2 is 1.31 bits per heavy atom. The van der Waals surface area contributed by atoms with Gasteiger partial charge in [0.15, 0.2) is 0 Å². The normalized spacial score (nSPS) is 11.4. The molecule has 0 spiro atoms. The van der Waals surface area contributed by atoms with E-state index in [1.807, 2.05) is 7.05 Å². The lowest BCUT2D eigenvalue weighted by Crippen LogP contribution is -2.05. The predicted octanol–water partition coefficient (Wildman–Crippen LogP) is 4.68. The molecule has 96 valence electrons. The summed E-state index contributed by atoms with van der Waals surface area (Å²) in [7, 11) is 2.01. The van der Waals surface area contributed by atoms with Crippen LogP contribution in [0, 0.1) is 0 Å². The molecule has 1 heteroatoms. The third-order valence-corrected chi connectivity index (χ3v) is 2.95. The summed E-state index contributed by atoms with van der Waals surface area (Å²) in [5.74, 6) is 0. The molecule has 0 radical (unpaired) electrons. The molecule has 1 N–H and O–H groups in total. The molecular formula is C15H31N. The molecule has 0 aliphatic rings. The standard InChI is InChI=1S/C15H31N/c1-3-4-5-6-7-8-9-10-11-12-13-14-15-16-2/h12-13,16H,3-11,14-15H2,1-2H3. The summed E-state index contributed by atoms with van der Waals surface area (Å²) in [6.45, 7) is 3.38. The van der Waals surface area contributed by atoms with Crippen LogP contribution >= 0.6 is 0 Å². The zero-order valence-corrected chi connectivity index (χ0v) is 11.4. The Hall–Kier alpha value is -0.300. The molecule has 16 heavy (non-hydrogen) atoms. The van der Waals surface area contributed by atoms with Crippen LogP contribution in [0.25, 0.3) is 0 Å². The molecule has 0 unspecified atom stereocenters. The maximum Gasteiger partial charge on any atom is -0.00173 e. The van der Waals surface area contributed by atoms with E-state index in [2.05, 4.69) is 24.4 Å².